The highest BCUT2D eigenvalue weighted by Crippen LogP contribution is 2.26. The first-order chi connectivity index (χ1) is 8.29. The third-order valence-corrected chi connectivity index (χ3v) is 1.91. The molecule has 1 aromatic heterocycles. The van der Waals surface area contributed by atoms with Gasteiger partial charge in [0.05, 0.1) is 13.2 Å². The Bertz CT molecular complexity index is 334. The van der Waals surface area contributed by atoms with Crippen molar-refractivity contribution in [3.63, 3.8) is 0 Å². The summed E-state index contributed by atoms with van der Waals surface area (Å²) in [6.45, 7) is 6.07. The number of ether oxygens (including phenoxy) is 3. The summed E-state index contributed by atoms with van der Waals surface area (Å²) in [5.41, 5.74) is 6.12. The molecule has 0 atom stereocenters. The average molecular weight is 241 g/mol. The van der Waals surface area contributed by atoms with Crippen molar-refractivity contribution in [2.75, 3.05) is 32.2 Å². The Balaban J connectivity index is 2.44. The van der Waals surface area contributed by atoms with Crippen molar-refractivity contribution in [2.24, 2.45) is 0 Å². The molecular weight excluding hydrogens is 222 g/mol. The fraction of sp³-hybridized carbons (Fsp3) is 0.636. The van der Waals surface area contributed by atoms with Crippen LogP contribution < -0.4 is 15.2 Å². The third kappa shape index (κ3) is 4.44. The molecule has 0 aliphatic rings. The lowest BCUT2D eigenvalue weighted by Gasteiger charge is -2.10. The zero-order valence-electron chi connectivity index (χ0n) is 10.3. The second kappa shape index (κ2) is 7.67. The van der Waals surface area contributed by atoms with Crippen LogP contribution in [0.15, 0.2) is 6.33 Å². The van der Waals surface area contributed by atoms with Crippen molar-refractivity contribution < 1.29 is 14.2 Å². The third-order valence-electron chi connectivity index (χ3n) is 1.91. The Labute approximate surface area is 101 Å². The summed E-state index contributed by atoms with van der Waals surface area (Å²) in [5, 5.41) is 0. The molecule has 0 amide bonds. The van der Waals surface area contributed by atoms with Crippen molar-refractivity contribution in [3.8, 4) is 11.8 Å². The lowest BCUT2D eigenvalue weighted by atomic mass is 10.5. The van der Waals surface area contributed by atoms with Gasteiger partial charge in [-0.3, -0.25) is 0 Å². The zero-order valence-corrected chi connectivity index (χ0v) is 10.3. The molecule has 6 heteroatoms. The first kappa shape index (κ1) is 13.5. The number of hydrogen-bond acceptors (Lipinski definition) is 6. The molecule has 2 N–H and O–H groups in total. The maximum Gasteiger partial charge on any atom is 0.244 e. The molecule has 17 heavy (non-hydrogen) atoms. The minimum absolute atomic E-state index is 0.324. The normalized spacial score (nSPS) is 10.2. The number of nitrogens with zero attached hydrogens (tertiary/aromatic N) is 2. The average Bonchev–Trinajstić information content (AvgIpc) is 2.33. The van der Waals surface area contributed by atoms with E-state index in [1.807, 2.05) is 6.92 Å². The summed E-state index contributed by atoms with van der Waals surface area (Å²) in [6.07, 6.45) is 2.35. The van der Waals surface area contributed by atoms with Crippen molar-refractivity contribution >= 4 is 5.69 Å². The molecule has 0 fully saturated rings. The van der Waals surface area contributed by atoms with Gasteiger partial charge in [0.25, 0.3) is 0 Å². The second-order valence-electron chi connectivity index (χ2n) is 3.29. The summed E-state index contributed by atoms with van der Waals surface area (Å²) in [7, 11) is 0. The Hall–Kier alpha value is -1.56. The van der Waals surface area contributed by atoms with Crippen LogP contribution in [0.5, 0.6) is 11.8 Å². The monoisotopic (exact) mass is 241 g/mol. The van der Waals surface area contributed by atoms with E-state index in [2.05, 4.69) is 16.9 Å². The molecule has 1 rings (SSSR count). The van der Waals surface area contributed by atoms with Crippen molar-refractivity contribution in [3.05, 3.63) is 6.33 Å². The summed E-state index contributed by atoms with van der Waals surface area (Å²) in [6, 6.07) is 0. The summed E-state index contributed by atoms with van der Waals surface area (Å²) in [4.78, 5) is 7.86. The number of aromatic nitrogens is 2. The number of nitrogens with two attached hydrogens (primary N) is 1. The fourth-order valence-electron chi connectivity index (χ4n) is 1.17. The SMILES string of the molecule is CCCOCCOc1ncnc(OCC)c1N. The predicted molar refractivity (Wildman–Crippen MR) is 64.2 cm³/mol. The molecule has 0 spiro atoms. The number of nitrogen functional groups attached to an aromatic ring is 1. The van der Waals surface area contributed by atoms with Gasteiger partial charge in [-0.05, 0) is 13.3 Å². The van der Waals surface area contributed by atoms with Gasteiger partial charge in [0.2, 0.25) is 11.8 Å². The van der Waals surface area contributed by atoms with E-state index in [0.717, 1.165) is 13.0 Å². The van der Waals surface area contributed by atoms with Crippen LogP contribution in [-0.4, -0.2) is 36.4 Å². The molecular formula is C11H19N3O3. The first-order valence-corrected chi connectivity index (χ1v) is 5.73. The number of anilines is 1. The van der Waals surface area contributed by atoms with Crippen molar-refractivity contribution in [1.82, 2.24) is 9.97 Å². The van der Waals surface area contributed by atoms with Gasteiger partial charge in [0, 0.05) is 6.61 Å². The van der Waals surface area contributed by atoms with E-state index in [1.165, 1.54) is 6.33 Å². The smallest absolute Gasteiger partial charge is 0.244 e. The fourth-order valence-corrected chi connectivity index (χ4v) is 1.17. The van der Waals surface area contributed by atoms with Gasteiger partial charge >= 0.3 is 0 Å². The maximum absolute atomic E-state index is 5.79. The molecule has 0 radical (unpaired) electrons. The first-order valence-electron chi connectivity index (χ1n) is 5.73. The lowest BCUT2D eigenvalue weighted by molar-refractivity contribution is 0.0991. The quantitative estimate of drug-likeness (QED) is 0.690. The molecule has 0 saturated heterocycles. The Morgan fingerprint density at radius 2 is 1.76 bits per heavy atom. The largest absolute Gasteiger partial charge is 0.476 e. The molecule has 0 aliphatic heterocycles. The van der Waals surface area contributed by atoms with E-state index < -0.39 is 0 Å². The van der Waals surface area contributed by atoms with Crippen molar-refractivity contribution in [1.29, 1.82) is 0 Å². The van der Waals surface area contributed by atoms with E-state index >= 15 is 0 Å². The van der Waals surface area contributed by atoms with Crippen molar-refractivity contribution in [2.45, 2.75) is 20.3 Å². The van der Waals surface area contributed by atoms with E-state index in [-0.39, 0.29) is 0 Å². The van der Waals surface area contributed by atoms with Gasteiger partial charge in [0.15, 0.2) is 5.69 Å². The highest BCUT2D eigenvalue weighted by Gasteiger charge is 2.09. The van der Waals surface area contributed by atoms with Gasteiger partial charge in [-0.2, -0.15) is 9.97 Å². The van der Waals surface area contributed by atoms with Crippen LogP contribution in [0.2, 0.25) is 0 Å². The zero-order chi connectivity index (χ0) is 12.5. The highest BCUT2D eigenvalue weighted by atomic mass is 16.5. The standard InChI is InChI=1S/C11H19N3O3/c1-3-5-15-6-7-17-11-9(12)10(16-4-2)13-8-14-11/h8H,3-7,12H2,1-2H3. The molecule has 1 aromatic rings. The Morgan fingerprint density at radius 1 is 1.06 bits per heavy atom. The molecule has 0 aliphatic carbocycles. The van der Waals surface area contributed by atoms with Gasteiger partial charge in [-0.25, -0.2) is 0 Å². The topological polar surface area (TPSA) is 79.5 Å². The second-order valence-corrected chi connectivity index (χ2v) is 3.29. The van der Waals surface area contributed by atoms with Crippen LogP contribution in [0.25, 0.3) is 0 Å². The van der Waals surface area contributed by atoms with Crippen LogP contribution in [-0.2, 0) is 4.74 Å². The van der Waals surface area contributed by atoms with E-state index in [1.54, 1.807) is 0 Å². The van der Waals surface area contributed by atoms with Crippen LogP contribution in [0.1, 0.15) is 20.3 Å². The Morgan fingerprint density at radius 3 is 2.41 bits per heavy atom. The summed E-state index contributed by atoms with van der Waals surface area (Å²) < 4.78 is 15.9. The van der Waals surface area contributed by atoms with Crippen LogP contribution >= 0.6 is 0 Å². The van der Waals surface area contributed by atoms with Crippen LogP contribution in [0, 0.1) is 0 Å². The van der Waals surface area contributed by atoms with Gasteiger partial charge in [-0.15, -0.1) is 0 Å². The van der Waals surface area contributed by atoms with Crippen LogP contribution in [0.4, 0.5) is 5.69 Å². The molecule has 0 saturated carbocycles. The van der Waals surface area contributed by atoms with Gasteiger partial charge in [0.1, 0.15) is 12.9 Å². The molecule has 0 aromatic carbocycles. The maximum atomic E-state index is 5.79. The lowest BCUT2D eigenvalue weighted by Crippen LogP contribution is -2.10. The molecule has 0 bridgehead atoms. The molecule has 1 heterocycles. The molecule has 96 valence electrons. The minimum Gasteiger partial charge on any atom is -0.476 e. The van der Waals surface area contributed by atoms with Gasteiger partial charge < -0.3 is 19.9 Å². The van der Waals surface area contributed by atoms with Crippen LogP contribution in [0.3, 0.4) is 0 Å². The number of hydrogen-bond donors (Lipinski definition) is 1. The predicted octanol–water partition coefficient (Wildman–Crippen LogP) is 1.26. The van der Waals surface area contributed by atoms with E-state index in [0.29, 0.717) is 37.3 Å². The molecule has 0 unspecified atom stereocenters. The summed E-state index contributed by atoms with van der Waals surface area (Å²) in [5.74, 6) is 0.690. The highest BCUT2D eigenvalue weighted by molar-refractivity contribution is 5.55. The Kier molecular flexibility index (Phi) is 6.09. The summed E-state index contributed by atoms with van der Waals surface area (Å²) >= 11 is 0. The molecule has 6 nitrogen and oxygen atoms in total. The van der Waals surface area contributed by atoms with E-state index in [9.17, 15) is 0 Å². The van der Waals surface area contributed by atoms with E-state index in [4.69, 9.17) is 19.9 Å². The minimum atomic E-state index is 0.324. The number of rotatable bonds is 8. The van der Waals surface area contributed by atoms with Gasteiger partial charge in [-0.1, -0.05) is 6.92 Å².